The summed E-state index contributed by atoms with van der Waals surface area (Å²) in [7, 11) is 1.97. The fourth-order valence-corrected chi connectivity index (χ4v) is 3.09. The molecule has 2 N–H and O–H groups in total. The summed E-state index contributed by atoms with van der Waals surface area (Å²) in [6.45, 7) is 1.95. The topological polar surface area (TPSA) is 62.7 Å². The number of nitrogens with one attached hydrogen (secondary N) is 2. The van der Waals surface area contributed by atoms with Crippen LogP contribution >= 0.6 is 0 Å². The summed E-state index contributed by atoms with van der Waals surface area (Å²) in [4.78, 5) is 20.3. The number of aromatic nitrogens is 3. The lowest BCUT2D eigenvalue weighted by Crippen LogP contribution is -2.28. The van der Waals surface area contributed by atoms with Gasteiger partial charge in [-0.1, -0.05) is 18.2 Å². The monoisotopic (exact) mass is 318 g/mol. The Labute approximate surface area is 139 Å². The number of carbonyl (C=O) groups excluding carboxylic acids is 1. The maximum absolute atomic E-state index is 12.6. The van der Waals surface area contributed by atoms with Gasteiger partial charge in [0.25, 0.3) is 5.91 Å². The van der Waals surface area contributed by atoms with E-state index < -0.39 is 0 Å². The Kier molecular flexibility index (Phi) is 3.34. The number of hydrogen-bond donors (Lipinski definition) is 2. The molecule has 1 atom stereocenters. The Bertz CT molecular complexity index is 1040. The molecule has 0 aliphatic heterocycles. The van der Waals surface area contributed by atoms with E-state index in [9.17, 15) is 4.79 Å². The number of rotatable bonds is 3. The minimum absolute atomic E-state index is 0.106. The first-order chi connectivity index (χ1) is 11.6. The summed E-state index contributed by atoms with van der Waals surface area (Å²) in [5, 5.41) is 4.13. The number of imidazole rings is 1. The van der Waals surface area contributed by atoms with E-state index in [2.05, 4.69) is 15.3 Å². The van der Waals surface area contributed by atoms with E-state index in [-0.39, 0.29) is 11.9 Å². The number of aryl methyl sites for hydroxylation is 1. The van der Waals surface area contributed by atoms with Crippen LogP contribution in [0.15, 0.2) is 54.7 Å². The minimum atomic E-state index is -0.186. The summed E-state index contributed by atoms with van der Waals surface area (Å²) >= 11 is 0. The van der Waals surface area contributed by atoms with Crippen molar-refractivity contribution in [3.05, 3.63) is 66.1 Å². The third-order valence-corrected chi connectivity index (χ3v) is 4.37. The lowest BCUT2D eigenvalue weighted by molar-refractivity contribution is 0.0938. The molecule has 0 aliphatic rings. The van der Waals surface area contributed by atoms with Crippen LogP contribution in [-0.2, 0) is 7.05 Å². The molecule has 0 spiro atoms. The zero-order chi connectivity index (χ0) is 16.7. The summed E-state index contributed by atoms with van der Waals surface area (Å²) in [6, 6.07) is 15.4. The SMILES string of the molecule is C[C@@H](NC(=O)c1ccc2cc[nH]c2c1)c1nc2ccccc2n1C. The molecule has 4 aromatic rings. The van der Waals surface area contributed by atoms with Gasteiger partial charge in [-0.3, -0.25) is 4.79 Å². The van der Waals surface area contributed by atoms with Crippen molar-refractivity contribution in [1.82, 2.24) is 19.9 Å². The first-order valence-electron chi connectivity index (χ1n) is 7.93. The predicted molar refractivity (Wildman–Crippen MR) is 94.9 cm³/mol. The van der Waals surface area contributed by atoms with Crippen molar-refractivity contribution in [2.24, 2.45) is 7.05 Å². The number of hydrogen-bond acceptors (Lipinski definition) is 2. The molecule has 1 amide bonds. The van der Waals surface area contributed by atoms with Crippen LogP contribution in [0.5, 0.6) is 0 Å². The van der Waals surface area contributed by atoms with E-state index in [0.29, 0.717) is 5.56 Å². The third-order valence-electron chi connectivity index (χ3n) is 4.37. The average molecular weight is 318 g/mol. The number of benzene rings is 2. The van der Waals surface area contributed by atoms with Crippen molar-refractivity contribution in [3.8, 4) is 0 Å². The Morgan fingerprint density at radius 1 is 1.21 bits per heavy atom. The molecule has 0 saturated heterocycles. The van der Waals surface area contributed by atoms with Gasteiger partial charge < -0.3 is 14.9 Å². The van der Waals surface area contributed by atoms with Gasteiger partial charge in [0.1, 0.15) is 5.82 Å². The maximum Gasteiger partial charge on any atom is 0.251 e. The molecule has 2 aromatic heterocycles. The Balaban J connectivity index is 1.61. The first-order valence-corrected chi connectivity index (χ1v) is 7.93. The maximum atomic E-state index is 12.6. The molecule has 4 rings (SSSR count). The largest absolute Gasteiger partial charge is 0.361 e. The van der Waals surface area contributed by atoms with Gasteiger partial charge in [0, 0.05) is 24.3 Å². The van der Waals surface area contributed by atoms with E-state index >= 15 is 0 Å². The zero-order valence-corrected chi connectivity index (χ0v) is 13.6. The van der Waals surface area contributed by atoms with Crippen LogP contribution in [0, 0.1) is 0 Å². The summed E-state index contributed by atoms with van der Waals surface area (Å²) < 4.78 is 2.02. The highest BCUT2D eigenvalue weighted by Gasteiger charge is 2.17. The number of H-pyrrole nitrogens is 1. The van der Waals surface area contributed by atoms with Gasteiger partial charge in [-0.25, -0.2) is 4.98 Å². The van der Waals surface area contributed by atoms with Crippen molar-refractivity contribution < 1.29 is 4.79 Å². The van der Waals surface area contributed by atoms with E-state index in [1.165, 1.54) is 0 Å². The fourth-order valence-electron chi connectivity index (χ4n) is 3.09. The number of fused-ring (bicyclic) bond motifs is 2. The van der Waals surface area contributed by atoms with E-state index in [0.717, 1.165) is 27.8 Å². The van der Waals surface area contributed by atoms with Gasteiger partial charge in [0.2, 0.25) is 0 Å². The van der Waals surface area contributed by atoms with Gasteiger partial charge in [-0.15, -0.1) is 0 Å². The van der Waals surface area contributed by atoms with Crippen molar-refractivity contribution in [3.63, 3.8) is 0 Å². The number of aromatic amines is 1. The summed E-state index contributed by atoms with van der Waals surface area (Å²) in [5.41, 5.74) is 3.58. The molecule has 2 heterocycles. The number of nitrogens with zero attached hydrogens (tertiary/aromatic N) is 2. The average Bonchev–Trinajstić information content (AvgIpc) is 3.19. The van der Waals surface area contributed by atoms with Gasteiger partial charge in [0.05, 0.1) is 17.1 Å². The molecule has 0 radical (unpaired) electrons. The smallest absolute Gasteiger partial charge is 0.251 e. The van der Waals surface area contributed by atoms with Gasteiger partial charge >= 0.3 is 0 Å². The zero-order valence-electron chi connectivity index (χ0n) is 13.6. The van der Waals surface area contributed by atoms with Crippen molar-refractivity contribution in [1.29, 1.82) is 0 Å². The number of amides is 1. The molecule has 2 aromatic carbocycles. The molecular weight excluding hydrogens is 300 g/mol. The molecule has 0 bridgehead atoms. The third kappa shape index (κ3) is 2.34. The normalized spacial score (nSPS) is 12.6. The molecule has 0 fully saturated rings. The number of para-hydroxylation sites is 2. The van der Waals surface area contributed by atoms with E-state index in [1.54, 1.807) is 0 Å². The summed E-state index contributed by atoms with van der Waals surface area (Å²) in [5.74, 6) is 0.733. The molecular formula is C19H18N4O. The Morgan fingerprint density at radius 3 is 2.88 bits per heavy atom. The van der Waals surface area contributed by atoms with Gasteiger partial charge in [-0.2, -0.15) is 0 Å². The lowest BCUT2D eigenvalue weighted by atomic mass is 10.1. The number of carbonyl (C=O) groups is 1. The second-order valence-corrected chi connectivity index (χ2v) is 5.99. The minimum Gasteiger partial charge on any atom is -0.361 e. The van der Waals surface area contributed by atoms with Crippen molar-refractivity contribution >= 4 is 27.8 Å². The highest BCUT2D eigenvalue weighted by Crippen LogP contribution is 2.20. The highest BCUT2D eigenvalue weighted by molar-refractivity contribution is 5.98. The molecule has 5 nitrogen and oxygen atoms in total. The second kappa shape index (κ2) is 5.53. The first kappa shape index (κ1) is 14.5. The molecule has 0 unspecified atom stereocenters. The standard InChI is InChI=1S/C19H18N4O/c1-12(18-22-15-5-3-4-6-17(15)23(18)2)21-19(24)14-8-7-13-9-10-20-16(13)11-14/h3-12,20H,1-2H3,(H,21,24)/t12-/m1/s1. The highest BCUT2D eigenvalue weighted by atomic mass is 16.1. The van der Waals surface area contributed by atoms with Crippen molar-refractivity contribution in [2.45, 2.75) is 13.0 Å². The van der Waals surface area contributed by atoms with Crippen LogP contribution in [0.3, 0.4) is 0 Å². The molecule has 0 aliphatic carbocycles. The molecule has 0 saturated carbocycles. The Morgan fingerprint density at radius 2 is 2.04 bits per heavy atom. The Hall–Kier alpha value is -3.08. The van der Waals surface area contributed by atoms with Crippen LogP contribution in [0.4, 0.5) is 0 Å². The van der Waals surface area contributed by atoms with E-state index in [4.69, 9.17) is 0 Å². The van der Waals surface area contributed by atoms with Crippen LogP contribution < -0.4 is 5.32 Å². The lowest BCUT2D eigenvalue weighted by Gasteiger charge is -2.14. The summed E-state index contributed by atoms with van der Waals surface area (Å²) in [6.07, 6.45) is 1.87. The van der Waals surface area contributed by atoms with Crippen molar-refractivity contribution in [2.75, 3.05) is 0 Å². The van der Waals surface area contributed by atoms with E-state index in [1.807, 2.05) is 73.3 Å². The predicted octanol–water partition coefficient (Wildman–Crippen LogP) is 3.55. The van der Waals surface area contributed by atoms with Crippen LogP contribution in [-0.4, -0.2) is 20.4 Å². The quantitative estimate of drug-likeness (QED) is 0.607. The van der Waals surface area contributed by atoms with Gasteiger partial charge in [-0.05, 0) is 42.6 Å². The molecule has 120 valence electrons. The fraction of sp³-hybridized carbons (Fsp3) is 0.158. The molecule has 24 heavy (non-hydrogen) atoms. The molecule has 5 heteroatoms. The van der Waals surface area contributed by atoms with Crippen LogP contribution in [0.2, 0.25) is 0 Å². The van der Waals surface area contributed by atoms with Crippen LogP contribution in [0.1, 0.15) is 29.1 Å². The van der Waals surface area contributed by atoms with Gasteiger partial charge in [0.15, 0.2) is 0 Å². The van der Waals surface area contributed by atoms with Crippen LogP contribution in [0.25, 0.3) is 21.9 Å². The second-order valence-electron chi connectivity index (χ2n) is 5.99.